The van der Waals surface area contributed by atoms with E-state index in [-0.39, 0.29) is 5.97 Å². The van der Waals surface area contributed by atoms with Crippen LogP contribution in [-0.4, -0.2) is 12.6 Å². The highest BCUT2D eigenvalue weighted by Gasteiger charge is 1.94. The van der Waals surface area contributed by atoms with Gasteiger partial charge in [0, 0.05) is 10.9 Å². The van der Waals surface area contributed by atoms with E-state index in [0.29, 0.717) is 13.0 Å². The van der Waals surface area contributed by atoms with Gasteiger partial charge in [0.1, 0.15) is 6.61 Å². The van der Waals surface area contributed by atoms with Crippen molar-refractivity contribution >= 4 is 28.0 Å². The van der Waals surface area contributed by atoms with E-state index >= 15 is 0 Å². The number of carbonyl (C=O) groups excluding carboxylic acids is 1. The number of ether oxygens (including phenoxy) is 1. The van der Waals surface area contributed by atoms with Crippen LogP contribution in [0.2, 0.25) is 0 Å². The molecule has 1 rings (SSSR count). The summed E-state index contributed by atoms with van der Waals surface area (Å²) in [6, 6.07) is 7.92. The zero-order valence-electron chi connectivity index (χ0n) is 8.57. The van der Waals surface area contributed by atoms with Gasteiger partial charge < -0.3 is 4.74 Å². The molecule has 3 heteroatoms. The SMILES string of the molecule is CCC(=O)OC/C=C/c1ccc(Br)cc1. The number of benzene rings is 1. The van der Waals surface area contributed by atoms with Crippen LogP contribution >= 0.6 is 15.9 Å². The van der Waals surface area contributed by atoms with Gasteiger partial charge in [-0.05, 0) is 23.8 Å². The summed E-state index contributed by atoms with van der Waals surface area (Å²) >= 11 is 3.36. The predicted molar refractivity (Wildman–Crippen MR) is 64.4 cm³/mol. The molecular weight excluding hydrogens is 256 g/mol. The van der Waals surface area contributed by atoms with Gasteiger partial charge in [-0.2, -0.15) is 0 Å². The maximum absolute atomic E-state index is 10.8. The Morgan fingerprint density at radius 2 is 2.07 bits per heavy atom. The van der Waals surface area contributed by atoms with Crippen LogP contribution < -0.4 is 0 Å². The van der Waals surface area contributed by atoms with E-state index < -0.39 is 0 Å². The molecule has 0 heterocycles. The lowest BCUT2D eigenvalue weighted by Crippen LogP contribution is -2.01. The first-order valence-corrected chi connectivity index (χ1v) is 5.59. The lowest BCUT2D eigenvalue weighted by molar-refractivity contribution is -0.141. The molecule has 1 aromatic carbocycles. The first kappa shape index (κ1) is 12.0. The van der Waals surface area contributed by atoms with Gasteiger partial charge in [0.05, 0.1) is 0 Å². The van der Waals surface area contributed by atoms with E-state index in [9.17, 15) is 4.79 Å². The summed E-state index contributed by atoms with van der Waals surface area (Å²) < 4.78 is 5.95. The second kappa shape index (κ2) is 6.40. The number of carbonyl (C=O) groups is 1. The number of esters is 1. The summed E-state index contributed by atoms with van der Waals surface area (Å²) in [5.41, 5.74) is 1.09. The summed E-state index contributed by atoms with van der Waals surface area (Å²) in [4.78, 5) is 10.8. The van der Waals surface area contributed by atoms with Crippen LogP contribution in [0.15, 0.2) is 34.8 Å². The third kappa shape index (κ3) is 4.79. The topological polar surface area (TPSA) is 26.3 Å². The first-order chi connectivity index (χ1) is 7.22. The summed E-state index contributed by atoms with van der Waals surface area (Å²) in [6.45, 7) is 2.11. The van der Waals surface area contributed by atoms with E-state index in [4.69, 9.17) is 4.74 Å². The molecule has 0 saturated heterocycles. The number of hydrogen-bond acceptors (Lipinski definition) is 2. The molecule has 2 nitrogen and oxygen atoms in total. The van der Waals surface area contributed by atoms with Gasteiger partial charge in [-0.1, -0.05) is 41.1 Å². The summed E-state index contributed by atoms with van der Waals surface area (Å²) in [5, 5.41) is 0. The molecule has 1 aromatic rings. The highest BCUT2D eigenvalue weighted by atomic mass is 79.9. The lowest BCUT2D eigenvalue weighted by Gasteiger charge is -1.97. The molecule has 0 aliphatic carbocycles. The Balaban J connectivity index is 2.38. The molecule has 0 N–H and O–H groups in total. The third-order valence-corrected chi connectivity index (χ3v) is 2.34. The van der Waals surface area contributed by atoms with Crippen LogP contribution in [0.3, 0.4) is 0 Å². The molecule has 0 spiro atoms. The second-order valence-electron chi connectivity index (χ2n) is 2.99. The molecule has 0 saturated carbocycles. The monoisotopic (exact) mass is 268 g/mol. The minimum atomic E-state index is -0.171. The van der Waals surface area contributed by atoms with Gasteiger partial charge >= 0.3 is 5.97 Å². The predicted octanol–water partition coefficient (Wildman–Crippen LogP) is 3.42. The smallest absolute Gasteiger partial charge is 0.305 e. The molecule has 0 aliphatic heterocycles. The van der Waals surface area contributed by atoms with Crippen LogP contribution in [0.25, 0.3) is 6.08 Å². The average molecular weight is 269 g/mol. The van der Waals surface area contributed by atoms with Crippen LogP contribution in [0.4, 0.5) is 0 Å². The second-order valence-corrected chi connectivity index (χ2v) is 3.91. The average Bonchev–Trinajstić information content (AvgIpc) is 2.26. The lowest BCUT2D eigenvalue weighted by atomic mass is 10.2. The van der Waals surface area contributed by atoms with Gasteiger partial charge in [-0.15, -0.1) is 0 Å². The largest absolute Gasteiger partial charge is 0.461 e. The number of hydrogen-bond donors (Lipinski definition) is 0. The molecule has 0 aromatic heterocycles. The van der Waals surface area contributed by atoms with Crippen molar-refractivity contribution in [3.8, 4) is 0 Å². The molecule has 0 unspecified atom stereocenters. The molecule has 15 heavy (non-hydrogen) atoms. The molecule has 0 radical (unpaired) electrons. The minimum Gasteiger partial charge on any atom is -0.461 e. The van der Waals surface area contributed by atoms with Crippen molar-refractivity contribution in [2.45, 2.75) is 13.3 Å². The third-order valence-electron chi connectivity index (χ3n) is 1.81. The highest BCUT2D eigenvalue weighted by Crippen LogP contribution is 2.11. The number of rotatable bonds is 4. The zero-order chi connectivity index (χ0) is 11.1. The van der Waals surface area contributed by atoms with Gasteiger partial charge in [0.15, 0.2) is 0 Å². The Labute approximate surface area is 98.1 Å². The van der Waals surface area contributed by atoms with Gasteiger partial charge in [0.25, 0.3) is 0 Å². The van der Waals surface area contributed by atoms with Crippen molar-refractivity contribution in [1.82, 2.24) is 0 Å². The van der Waals surface area contributed by atoms with Crippen molar-refractivity contribution in [2.24, 2.45) is 0 Å². The fourth-order valence-corrected chi connectivity index (χ4v) is 1.27. The molecule has 0 amide bonds. The molecule has 0 bridgehead atoms. The highest BCUT2D eigenvalue weighted by molar-refractivity contribution is 9.10. The fourth-order valence-electron chi connectivity index (χ4n) is 1.00. The Morgan fingerprint density at radius 1 is 1.40 bits per heavy atom. The quantitative estimate of drug-likeness (QED) is 0.783. The maximum atomic E-state index is 10.8. The van der Waals surface area contributed by atoms with Crippen LogP contribution in [0.5, 0.6) is 0 Å². The van der Waals surface area contributed by atoms with Crippen molar-refractivity contribution in [3.63, 3.8) is 0 Å². The zero-order valence-corrected chi connectivity index (χ0v) is 10.2. The molecule has 0 atom stereocenters. The van der Waals surface area contributed by atoms with E-state index in [2.05, 4.69) is 15.9 Å². The molecular formula is C12H13BrO2. The van der Waals surface area contributed by atoms with Gasteiger partial charge in [0.2, 0.25) is 0 Å². The Morgan fingerprint density at radius 3 is 2.67 bits per heavy atom. The van der Waals surface area contributed by atoms with E-state index in [1.807, 2.05) is 36.4 Å². The van der Waals surface area contributed by atoms with E-state index in [0.717, 1.165) is 10.0 Å². The number of halogens is 1. The van der Waals surface area contributed by atoms with Gasteiger partial charge in [-0.25, -0.2) is 0 Å². The van der Waals surface area contributed by atoms with Gasteiger partial charge in [-0.3, -0.25) is 4.79 Å². The Bertz CT molecular complexity index is 341. The van der Waals surface area contributed by atoms with Crippen LogP contribution in [-0.2, 0) is 9.53 Å². The Kier molecular flexibility index (Phi) is 5.12. The molecule has 80 valence electrons. The summed E-state index contributed by atoms with van der Waals surface area (Å²) in [6.07, 6.45) is 4.18. The fraction of sp³-hybridized carbons (Fsp3) is 0.250. The standard InChI is InChI=1S/C12H13BrO2/c1-2-12(14)15-9-3-4-10-5-7-11(13)8-6-10/h3-8H,2,9H2,1H3/b4-3+. The summed E-state index contributed by atoms with van der Waals surface area (Å²) in [7, 11) is 0. The summed E-state index contributed by atoms with van der Waals surface area (Å²) in [5.74, 6) is -0.171. The van der Waals surface area contributed by atoms with E-state index in [1.165, 1.54) is 0 Å². The van der Waals surface area contributed by atoms with Crippen LogP contribution in [0.1, 0.15) is 18.9 Å². The van der Waals surface area contributed by atoms with Crippen LogP contribution in [0, 0.1) is 0 Å². The first-order valence-electron chi connectivity index (χ1n) is 4.80. The van der Waals surface area contributed by atoms with Crippen molar-refractivity contribution in [3.05, 3.63) is 40.4 Å². The normalized spacial score (nSPS) is 10.5. The maximum Gasteiger partial charge on any atom is 0.305 e. The van der Waals surface area contributed by atoms with Crippen molar-refractivity contribution in [1.29, 1.82) is 0 Å². The molecule has 0 fully saturated rings. The van der Waals surface area contributed by atoms with E-state index in [1.54, 1.807) is 6.92 Å². The minimum absolute atomic E-state index is 0.171. The van der Waals surface area contributed by atoms with Crippen molar-refractivity contribution < 1.29 is 9.53 Å². The Hall–Kier alpha value is -1.09. The van der Waals surface area contributed by atoms with Crippen molar-refractivity contribution in [2.75, 3.05) is 6.61 Å². The molecule has 0 aliphatic rings.